The van der Waals surface area contributed by atoms with E-state index in [1.54, 1.807) is 0 Å². The highest BCUT2D eigenvalue weighted by atomic mass is 16.2. The summed E-state index contributed by atoms with van der Waals surface area (Å²) in [6.07, 6.45) is 3.83. The van der Waals surface area contributed by atoms with Crippen LogP contribution in [0.15, 0.2) is 0 Å². The third kappa shape index (κ3) is 3.70. The van der Waals surface area contributed by atoms with Crippen molar-refractivity contribution in [2.45, 2.75) is 45.6 Å². The lowest BCUT2D eigenvalue weighted by Crippen LogP contribution is -2.45. The zero-order valence-electron chi connectivity index (χ0n) is 12.1. The van der Waals surface area contributed by atoms with E-state index in [1.807, 2.05) is 4.90 Å². The van der Waals surface area contributed by atoms with Crippen LogP contribution in [0.3, 0.4) is 0 Å². The Morgan fingerprint density at radius 3 is 2.58 bits per heavy atom. The number of hydrogen-bond acceptors (Lipinski definition) is 3. The molecule has 19 heavy (non-hydrogen) atoms. The summed E-state index contributed by atoms with van der Waals surface area (Å²) in [6.45, 7) is 8.55. The van der Waals surface area contributed by atoms with Crippen LogP contribution in [0.5, 0.6) is 0 Å². The average molecular weight is 263 g/mol. The van der Waals surface area contributed by atoms with E-state index in [9.17, 15) is 4.79 Å². The summed E-state index contributed by atoms with van der Waals surface area (Å²) in [5.74, 6) is 0.868. The summed E-state index contributed by atoms with van der Waals surface area (Å²) in [6, 6.07) is 2.61. The molecule has 106 valence electrons. The highest BCUT2D eigenvalue weighted by Crippen LogP contribution is 2.25. The van der Waals surface area contributed by atoms with E-state index in [0.29, 0.717) is 19.0 Å². The smallest absolute Gasteiger partial charge is 0.224 e. The molecule has 2 heterocycles. The van der Waals surface area contributed by atoms with Crippen molar-refractivity contribution in [1.29, 1.82) is 5.26 Å². The molecule has 4 heteroatoms. The number of nitriles is 1. The Balaban J connectivity index is 1.77. The number of likely N-dealkylation sites (tertiary alicyclic amines) is 2. The van der Waals surface area contributed by atoms with Gasteiger partial charge in [-0.05, 0) is 31.7 Å². The van der Waals surface area contributed by atoms with Crippen LogP contribution in [0.2, 0.25) is 0 Å². The Morgan fingerprint density at radius 2 is 2.05 bits per heavy atom. The maximum Gasteiger partial charge on any atom is 0.224 e. The van der Waals surface area contributed by atoms with Crippen LogP contribution < -0.4 is 0 Å². The second-order valence-corrected chi connectivity index (χ2v) is 6.33. The molecule has 2 aliphatic rings. The molecule has 0 aromatic rings. The molecule has 2 fully saturated rings. The molecule has 0 N–H and O–H groups in total. The molecule has 2 saturated heterocycles. The van der Waals surface area contributed by atoms with Crippen LogP contribution in [0.4, 0.5) is 0 Å². The van der Waals surface area contributed by atoms with Crippen LogP contribution >= 0.6 is 0 Å². The van der Waals surface area contributed by atoms with Crippen molar-refractivity contribution in [3.05, 3.63) is 0 Å². The molecule has 1 amide bonds. The molecule has 0 bridgehead atoms. The molecule has 1 atom stereocenters. The first-order valence-electron chi connectivity index (χ1n) is 7.51. The number of carbonyl (C=O) groups excluding carboxylic acids is 1. The first-order chi connectivity index (χ1) is 9.10. The number of nitrogens with zero attached hydrogens (tertiary/aromatic N) is 3. The normalized spacial score (nSPS) is 26.1. The zero-order chi connectivity index (χ0) is 13.8. The van der Waals surface area contributed by atoms with Gasteiger partial charge in [-0.1, -0.05) is 13.8 Å². The molecule has 0 radical (unpaired) electrons. The Morgan fingerprint density at radius 1 is 1.37 bits per heavy atom. The summed E-state index contributed by atoms with van der Waals surface area (Å²) in [5, 5.41) is 8.93. The Hall–Kier alpha value is -1.08. The standard InChI is InChI=1S/C15H25N3O/c1-12(2)3-6-17-7-4-14(5-8-17)18-11-13(10-16)9-15(18)19/h12-14H,3-9,11H2,1-2H3. The van der Waals surface area contributed by atoms with Crippen LogP contribution in [0, 0.1) is 23.2 Å². The number of hydrogen-bond donors (Lipinski definition) is 0. The summed E-state index contributed by atoms with van der Waals surface area (Å²) in [7, 11) is 0. The first kappa shape index (κ1) is 14.3. The van der Waals surface area contributed by atoms with Gasteiger partial charge in [0.2, 0.25) is 5.91 Å². The van der Waals surface area contributed by atoms with Crippen molar-refractivity contribution in [2.24, 2.45) is 11.8 Å². The Bertz CT molecular complexity index is 353. The fourth-order valence-corrected chi connectivity index (χ4v) is 3.07. The Kier molecular flexibility index (Phi) is 4.81. The number of carbonyl (C=O) groups is 1. The van der Waals surface area contributed by atoms with Gasteiger partial charge >= 0.3 is 0 Å². The number of rotatable bonds is 4. The predicted molar refractivity (Wildman–Crippen MR) is 74.4 cm³/mol. The molecular formula is C15H25N3O. The fourth-order valence-electron chi connectivity index (χ4n) is 3.07. The highest BCUT2D eigenvalue weighted by molar-refractivity contribution is 5.79. The first-order valence-corrected chi connectivity index (χ1v) is 7.51. The van der Waals surface area contributed by atoms with Crippen molar-refractivity contribution >= 4 is 5.91 Å². The third-order valence-corrected chi connectivity index (χ3v) is 4.36. The van der Waals surface area contributed by atoms with Crippen LogP contribution in [-0.2, 0) is 4.79 Å². The minimum Gasteiger partial charge on any atom is -0.338 e. The van der Waals surface area contributed by atoms with E-state index < -0.39 is 0 Å². The quantitative estimate of drug-likeness (QED) is 0.778. The number of piperidine rings is 1. The lowest BCUT2D eigenvalue weighted by Gasteiger charge is -2.37. The van der Waals surface area contributed by atoms with Gasteiger partial charge in [-0.2, -0.15) is 5.26 Å². The molecule has 1 unspecified atom stereocenters. The molecular weight excluding hydrogens is 238 g/mol. The summed E-state index contributed by atoms with van der Waals surface area (Å²) < 4.78 is 0. The minimum atomic E-state index is -0.0773. The zero-order valence-corrected chi connectivity index (χ0v) is 12.1. The monoisotopic (exact) mass is 263 g/mol. The summed E-state index contributed by atoms with van der Waals surface area (Å²) >= 11 is 0. The lowest BCUT2D eigenvalue weighted by molar-refractivity contribution is -0.130. The minimum absolute atomic E-state index is 0.0773. The van der Waals surface area contributed by atoms with Gasteiger partial charge in [-0.15, -0.1) is 0 Å². The average Bonchev–Trinajstić information content (AvgIpc) is 2.78. The molecule has 2 aliphatic heterocycles. The largest absolute Gasteiger partial charge is 0.338 e. The second kappa shape index (κ2) is 6.38. The van der Waals surface area contributed by atoms with Gasteiger partial charge in [-0.3, -0.25) is 4.79 Å². The van der Waals surface area contributed by atoms with E-state index in [1.165, 1.54) is 13.0 Å². The van der Waals surface area contributed by atoms with Gasteiger partial charge in [0.25, 0.3) is 0 Å². The summed E-state index contributed by atoms with van der Waals surface area (Å²) in [4.78, 5) is 16.4. The molecule has 4 nitrogen and oxygen atoms in total. The van der Waals surface area contributed by atoms with Crippen LogP contribution in [0.25, 0.3) is 0 Å². The van der Waals surface area contributed by atoms with Crippen molar-refractivity contribution < 1.29 is 4.79 Å². The Labute approximate surface area is 116 Å². The highest BCUT2D eigenvalue weighted by Gasteiger charge is 2.35. The molecule has 2 rings (SSSR count). The maximum absolute atomic E-state index is 11.9. The van der Waals surface area contributed by atoms with Gasteiger partial charge in [-0.25, -0.2) is 0 Å². The van der Waals surface area contributed by atoms with Gasteiger partial charge in [0, 0.05) is 32.1 Å². The predicted octanol–water partition coefficient (Wildman–Crippen LogP) is 1.87. The lowest BCUT2D eigenvalue weighted by atomic mass is 10.0. The SMILES string of the molecule is CC(C)CCN1CCC(N2CC(C#N)CC2=O)CC1. The topological polar surface area (TPSA) is 47.3 Å². The van der Waals surface area contributed by atoms with Crippen molar-refractivity contribution in [3.63, 3.8) is 0 Å². The molecule has 0 aromatic carbocycles. The van der Waals surface area contributed by atoms with Gasteiger partial charge in [0.1, 0.15) is 0 Å². The molecule has 0 aliphatic carbocycles. The van der Waals surface area contributed by atoms with Gasteiger partial charge in [0.05, 0.1) is 12.0 Å². The van der Waals surface area contributed by atoms with E-state index in [2.05, 4.69) is 24.8 Å². The third-order valence-electron chi connectivity index (χ3n) is 4.36. The maximum atomic E-state index is 11.9. The second-order valence-electron chi connectivity index (χ2n) is 6.33. The van der Waals surface area contributed by atoms with Gasteiger partial charge in [0.15, 0.2) is 0 Å². The van der Waals surface area contributed by atoms with E-state index >= 15 is 0 Å². The molecule has 0 aromatic heterocycles. The fraction of sp³-hybridized carbons (Fsp3) is 0.867. The molecule has 0 spiro atoms. The van der Waals surface area contributed by atoms with E-state index in [4.69, 9.17) is 5.26 Å². The van der Waals surface area contributed by atoms with E-state index in [-0.39, 0.29) is 11.8 Å². The van der Waals surface area contributed by atoms with E-state index in [0.717, 1.165) is 31.8 Å². The summed E-state index contributed by atoms with van der Waals surface area (Å²) in [5.41, 5.74) is 0. The van der Waals surface area contributed by atoms with Crippen molar-refractivity contribution in [1.82, 2.24) is 9.80 Å². The van der Waals surface area contributed by atoms with Gasteiger partial charge < -0.3 is 9.80 Å². The van der Waals surface area contributed by atoms with Crippen molar-refractivity contribution in [3.8, 4) is 6.07 Å². The van der Waals surface area contributed by atoms with Crippen LogP contribution in [-0.4, -0.2) is 47.9 Å². The van der Waals surface area contributed by atoms with Crippen molar-refractivity contribution in [2.75, 3.05) is 26.2 Å². The molecule has 0 saturated carbocycles. The number of amides is 1. The van der Waals surface area contributed by atoms with Crippen LogP contribution in [0.1, 0.15) is 39.5 Å².